The molecule has 2 heterocycles. The summed E-state index contributed by atoms with van der Waals surface area (Å²) >= 11 is 8.53. The number of halogens is 2. The highest BCUT2D eigenvalue weighted by Gasteiger charge is 2.11. The Morgan fingerprint density at radius 3 is 2.79 bits per heavy atom. The Kier molecular flexibility index (Phi) is 3.04. The van der Waals surface area contributed by atoms with Gasteiger partial charge in [0.15, 0.2) is 5.82 Å². The summed E-state index contributed by atoms with van der Waals surface area (Å²) in [5, 5.41) is 7.05. The normalized spacial score (nSPS) is 10.8. The molecule has 6 heteroatoms. The van der Waals surface area contributed by atoms with Gasteiger partial charge in [0.25, 0.3) is 0 Å². The van der Waals surface area contributed by atoms with Gasteiger partial charge in [-0.15, -0.1) is 11.3 Å². The first-order valence-electron chi connectivity index (χ1n) is 4.07. The lowest BCUT2D eigenvalue weighted by Crippen LogP contribution is -1.81. The molecule has 0 amide bonds. The van der Waals surface area contributed by atoms with Crippen LogP contribution in [0.15, 0.2) is 13.6 Å². The van der Waals surface area contributed by atoms with Crippen molar-refractivity contribution in [3.8, 4) is 11.4 Å². The minimum atomic E-state index is 0.746. The van der Waals surface area contributed by atoms with E-state index in [1.54, 1.807) is 11.3 Å². The molecule has 0 saturated carbocycles. The van der Waals surface area contributed by atoms with Gasteiger partial charge in [-0.2, -0.15) is 5.10 Å². The summed E-state index contributed by atoms with van der Waals surface area (Å²) in [4.78, 5) is 4.36. The Morgan fingerprint density at radius 1 is 1.50 bits per heavy atom. The fraction of sp³-hybridized carbons (Fsp3) is 0.250. The van der Waals surface area contributed by atoms with Gasteiger partial charge < -0.3 is 0 Å². The molecule has 0 aliphatic rings. The molecule has 0 aliphatic heterocycles. The summed E-state index contributed by atoms with van der Waals surface area (Å²) in [6.45, 7) is 2.04. The SMILES string of the molecule is CCc1nc(-c2cc(Br)sc2Br)n[nH]1. The molecule has 2 rings (SSSR count). The molecule has 0 aromatic carbocycles. The monoisotopic (exact) mass is 335 g/mol. The molecule has 0 atom stereocenters. The first-order chi connectivity index (χ1) is 6.70. The van der Waals surface area contributed by atoms with E-state index >= 15 is 0 Å². The number of aryl methyl sites for hydroxylation is 1. The highest BCUT2D eigenvalue weighted by atomic mass is 79.9. The van der Waals surface area contributed by atoms with Crippen molar-refractivity contribution in [3.05, 3.63) is 19.5 Å². The molecular formula is C8H7Br2N3S. The van der Waals surface area contributed by atoms with Gasteiger partial charge in [-0.1, -0.05) is 6.92 Å². The van der Waals surface area contributed by atoms with Crippen molar-refractivity contribution in [1.29, 1.82) is 0 Å². The van der Waals surface area contributed by atoms with Crippen molar-refractivity contribution in [3.63, 3.8) is 0 Å². The predicted octanol–water partition coefficient (Wildman–Crippen LogP) is 3.62. The quantitative estimate of drug-likeness (QED) is 0.910. The largest absolute Gasteiger partial charge is 0.263 e. The van der Waals surface area contributed by atoms with Gasteiger partial charge in [-0.25, -0.2) is 4.98 Å². The van der Waals surface area contributed by atoms with Crippen LogP contribution in [0.3, 0.4) is 0 Å². The number of hydrogen-bond donors (Lipinski definition) is 1. The number of nitrogens with zero attached hydrogens (tertiary/aromatic N) is 2. The summed E-state index contributed by atoms with van der Waals surface area (Å²) in [7, 11) is 0. The number of nitrogens with one attached hydrogen (secondary N) is 1. The van der Waals surface area contributed by atoms with Gasteiger partial charge in [-0.3, -0.25) is 5.10 Å². The molecule has 1 N–H and O–H groups in total. The number of aromatic nitrogens is 3. The summed E-state index contributed by atoms with van der Waals surface area (Å²) < 4.78 is 2.12. The third-order valence-corrected chi connectivity index (χ3v) is 4.10. The number of H-pyrrole nitrogens is 1. The van der Waals surface area contributed by atoms with Crippen LogP contribution in [0.1, 0.15) is 12.7 Å². The maximum atomic E-state index is 4.36. The van der Waals surface area contributed by atoms with E-state index in [2.05, 4.69) is 47.0 Å². The molecule has 0 bridgehead atoms. The van der Waals surface area contributed by atoms with Crippen molar-refractivity contribution < 1.29 is 0 Å². The molecule has 74 valence electrons. The van der Waals surface area contributed by atoms with Crippen LogP contribution in [0, 0.1) is 0 Å². The molecule has 0 saturated heterocycles. The number of hydrogen-bond acceptors (Lipinski definition) is 3. The fourth-order valence-electron chi connectivity index (χ4n) is 1.07. The van der Waals surface area contributed by atoms with Crippen LogP contribution in [0.5, 0.6) is 0 Å². The number of aromatic amines is 1. The van der Waals surface area contributed by atoms with Crippen LogP contribution in [0.2, 0.25) is 0 Å². The Bertz CT molecular complexity index is 449. The highest BCUT2D eigenvalue weighted by molar-refractivity contribution is 9.12. The maximum Gasteiger partial charge on any atom is 0.183 e. The van der Waals surface area contributed by atoms with Gasteiger partial charge in [-0.05, 0) is 37.9 Å². The van der Waals surface area contributed by atoms with Gasteiger partial charge >= 0.3 is 0 Å². The molecule has 0 radical (unpaired) electrons. The molecule has 0 aliphatic carbocycles. The second-order valence-corrected chi connectivity index (χ2v) is 6.45. The molecule has 14 heavy (non-hydrogen) atoms. The Labute approximate surface area is 102 Å². The Morgan fingerprint density at radius 2 is 2.29 bits per heavy atom. The summed E-state index contributed by atoms with van der Waals surface area (Å²) in [5.41, 5.74) is 1.03. The lowest BCUT2D eigenvalue weighted by atomic mass is 10.3. The smallest absolute Gasteiger partial charge is 0.183 e. The fourth-order valence-corrected chi connectivity index (χ4v) is 3.86. The third-order valence-electron chi connectivity index (χ3n) is 1.76. The Hall–Kier alpha value is -0.200. The molecule has 0 unspecified atom stereocenters. The first-order valence-corrected chi connectivity index (χ1v) is 6.47. The number of thiophene rings is 1. The zero-order chi connectivity index (χ0) is 10.1. The summed E-state index contributed by atoms with van der Waals surface area (Å²) in [5.74, 6) is 1.66. The minimum Gasteiger partial charge on any atom is -0.263 e. The minimum absolute atomic E-state index is 0.746. The molecule has 2 aromatic rings. The molecular weight excluding hydrogens is 330 g/mol. The second-order valence-electron chi connectivity index (χ2n) is 2.70. The lowest BCUT2D eigenvalue weighted by molar-refractivity contribution is 0.946. The molecule has 0 fully saturated rings. The second kappa shape index (κ2) is 4.12. The third kappa shape index (κ3) is 1.92. The van der Waals surface area contributed by atoms with Gasteiger partial charge in [0.2, 0.25) is 0 Å². The zero-order valence-corrected chi connectivity index (χ0v) is 11.3. The van der Waals surface area contributed by atoms with E-state index in [0.29, 0.717) is 0 Å². The topological polar surface area (TPSA) is 41.6 Å². The maximum absolute atomic E-state index is 4.36. The molecule has 0 spiro atoms. The number of rotatable bonds is 2. The van der Waals surface area contributed by atoms with Crippen molar-refractivity contribution in [2.45, 2.75) is 13.3 Å². The van der Waals surface area contributed by atoms with Crippen LogP contribution in [0.25, 0.3) is 11.4 Å². The lowest BCUT2D eigenvalue weighted by Gasteiger charge is -1.88. The van der Waals surface area contributed by atoms with Gasteiger partial charge in [0, 0.05) is 12.0 Å². The van der Waals surface area contributed by atoms with Crippen LogP contribution >= 0.6 is 43.2 Å². The van der Waals surface area contributed by atoms with E-state index in [9.17, 15) is 0 Å². The summed E-state index contributed by atoms with van der Waals surface area (Å²) in [6, 6.07) is 2.01. The van der Waals surface area contributed by atoms with E-state index in [-0.39, 0.29) is 0 Å². The van der Waals surface area contributed by atoms with Crippen molar-refractivity contribution in [1.82, 2.24) is 15.2 Å². The molecule has 2 aromatic heterocycles. The van der Waals surface area contributed by atoms with Crippen molar-refractivity contribution in [2.24, 2.45) is 0 Å². The van der Waals surface area contributed by atoms with E-state index in [1.165, 1.54) is 0 Å². The summed E-state index contributed by atoms with van der Waals surface area (Å²) in [6.07, 6.45) is 0.871. The predicted molar refractivity (Wildman–Crippen MR) is 64.5 cm³/mol. The highest BCUT2D eigenvalue weighted by Crippen LogP contribution is 2.36. The van der Waals surface area contributed by atoms with E-state index in [4.69, 9.17) is 0 Å². The van der Waals surface area contributed by atoms with Crippen LogP contribution < -0.4 is 0 Å². The van der Waals surface area contributed by atoms with Crippen molar-refractivity contribution >= 4 is 43.2 Å². The van der Waals surface area contributed by atoms with Crippen LogP contribution in [0.4, 0.5) is 0 Å². The van der Waals surface area contributed by atoms with E-state index in [1.807, 2.05) is 13.0 Å². The Balaban J connectivity index is 2.43. The van der Waals surface area contributed by atoms with Gasteiger partial charge in [0.05, 0.1) is 7.57 Å². The average molecular weight is 337 g/mol. The molecule has 3 nitrogen and oxygen atoms in total. The van der Waals surface area contributed by atoms with Gasteiger partial charge in [0.1, 0.15) is 5.82 Å². The van der Waals surface area contributed by atoms with E-state index < -0.39 is 0 Å². The van der Waals surface area contributed by atoms with Crippen molar-refractivity contribution in [2.75, 3.05) is 0 Å². The van der Waals surface area contributed by atoms with Crippen LogP contribution in [-0.4, -0.2) is 15.2 Å². The zero-order valence-electron chi connectivity index (χ0n) is 7.34. The standard InChI is InChI=1S/C8H7Br2N3S/c1-2-6-11-8(13-12-6)4-3-5(9)14-7(4)10/h3H,2H2,1H3,(H,11,12,13). The first kappa shape index (κ1) is 10.3. The van der Waals surface area contributed by atoms with E-state index in [0.717, 1.165) is 31.2 Å². The van der Waals surface area contributed by atoms with Crippen LogP contribution in [-0.2, 0) is 6.42 Å². The average Bonchev–Trinajstić information content (AvgIpc) is 2.71.